The molecule has 1 amide bonds. The molecule has 4 aliphatic heterocycles. The number of nitrogen functional groups attached to an aromatic ring is 1. The molecule has 3 aromatic heterocycles. The van der Waals surface area contributed by atoms with Crippen molar-refractivity contribution < 1.29 is 23.3 Å². The lowest BCUT2D eigenvalue weighted by molar-refractivity contribution is 0.0552. The third-order valence-corrected chi connectivity index (χ3v) is 17.8. The molecule has 0 atom stereocenters. The Hall–Kier alpha value is -3.49. The van der Waals surface area contributed by atoms with Gasteiger partial charge in [0.1, 0.15) is 4.60 Å². The number of halogens is 4. The summed E-state index contributed by atoms with van der Waals surface area (Å²) in [6, 6.07) is 23.9. The molecule has 13 nitrogen and oxygen atoms in total. The minimum absolute atomic E-state index is 0.0345. The van der Waals surface area contributed by atoms with Crippen LogP contribution >= 0.6 is 59.4 Å². The maximum Gasteiger partial charge on any atom is 0.376 e. The summed E-state index contributed by atoms with van der Waals surface area (Å²) in [6.45, 7) is 17.0. The Labute approximate surface area is 470 Å². The number of rotatable bonds is 10. The Morgan fingerprint density at radius 3 is 1.76 bits per heavy atom. The number of sulfone groups is 1. The maximum atomic E-state index is 13.0. The molecule has 74 heavy (non-hydrogen) atoms. The smallest absolute Gasteiger partial charge is 0.376 e. The maximum absolute atomic E-state index is 13.0. The first-order valence-corrected chi connectivity index (χ1v) is 29.8. The zero-order chi connectivity index (χ0) is 53.4. The minimum atomic E-state index is -3.64. The van der Waals surface area contributed by atoms with Gasteiger partial charge in [-0.3, -0.25) is 14.8 Å². The van der Waals surface area contributed by atoms with Gasteiger partial charge in [-0.05, 0) is 250 Å². The Balaban J connectivity index is 0.000000206. The Kier molecular flexibility index (Phi) is 23.7. The number of anilines is 1. The number of piperidine rings is 4. The van der Waals surface area contributed by atoms with Crippen LogP contribution in [0.25, 0.3) is 0 Å². The lowest BCUT2D eigenvalue weighted by atomic mass is 9.80. The van der Waals surface area contributed by atoms with Crippen molar-refractivity contribution in [2.45, 2.75) is 101 Å². The van der Waals surface area contributed by atoms with Crippen LogP contribution in [0.5, 0.6) is 0 Å². The molecule has 7 heterocycles. The largest absolute Gasteiger partial charge is 0.437 e. The first-order valence-electron chi connectivity index (χ1n) is 25.6. The molecule has 4 aliphatic rings. The highest BCUT2D eigenvalue weighted by molar-refractivity contribution is 9.11. The van der Waals surface area contributed by atoms with E-state index in [2.05, 4.69) is 89.9 Å². The van der Waals surface area contributed by atoms with Gasteiger partial charge in [-0.2, -0.15) is 0 Å². The average Bonchev–Trinajstić information content (AvgIpc) is 3.40. The number of pyridine rings is 3. The molecule has 0 radical (unpaired) electrons. The van der Waals surface area contributed by atoms with Crippen LogP contribution < -0.4 is 5.73 Å². The number of hydrogen-bond acceptors (Lipinski definition) is 12. The normalized spacial score (nSPS) is 17.5. The molecule has 0 saturated carbocycles. The van der Waals surface area contributed by atoms with Crippen LogP contribution in [0.1, 0.15) is 78.7 Å². The van der Waals surface area contributed by atoms with Gasteiger partial charge >= 0.3 is 14.1 Å². The van der Waals surface area contributed by atoms with Crippen molar-refractivity contribution in [1.82, 2.24) is 34.4 Å². The molecular formula is C54H70B2Br3ClN8O5S. The standard InChI is InChI=1S/C30H35ClN4O3S.C12H18BBrN2O.C7H14BNO.C5H3Br2N/c1-21-4-2-7-28(29(21)32)30(36)35-16-12-25(13-17-35)34-14-10-22(11-15-34)18-24-8-9-27(20-33-24)39(37,38)26-6-3-5-23(31)19-26;1-13(17)16-6-4-10(5-7-16)8-12-3-2-11(14)9-15-12;1-7-3-5-9(6-4-7)8(2)10;6-4-1-2-5(7)8-3-4/h2-9,19-20,22,25H,10-18,32H2,1H3;2-3,9-10,17H,4-8H2,1H3;10H,1,3-6H2,2H3;1-3H. The third kappa shape index (κ3) is 18.3. The van der Waals surface area contributed by atoms with Gasteiger partial charge in [0, 0.05) is 68.8 Å². The molecule has 5 aromatic rings. The van der Waals surface area contributed by atoms with Crippen molar-refractivity contribution in [3.63, 3.8) is 0 Å². The molecule has 9 rings (SSSR count). The topological polar surface area (TPSA) is 169 Å². The number of carbonyl (C=O) groups excluding carboxylic acids is 1. The average molecular weight is 1240 g/mol. The number of aryl methyl sites for hydroxylation is 1. The summed E-state index contributed by atoms with van der Waals surface area (Å²) in [7, 11) is -4.23. The summed E-state index contributed by atoms with van der Waals surface area (Å²) in [5.74, 6) is 1.26. The van der Waals surface area contributed by atoms with Crippen molar-refractivity contribution >= 4 is 94.9 Å². The molecule has 4 N–H and O–H groups in total. The van der Waals surface area contributed by atoms with Crippen LogP contribution in [-0.2, 0) is 22.7 Å². The van der Waals surface area contributed by atoms with Crippen LogP contribution in [-0.4, -0.2) is 131 Å². The fourth-order valence-electron chi connectivity index (χ4n) is 9.68. The summed E-state index contributed by atoms with van der Waals surface area (Å²) in [5, 5.41) is 19.0. The fourth-order valence-corrected chi connectivity index (χ4v) is 11.9. The van der Waals surface area contributed by atoms with Crippen LogP contribution in [0.15, 0.2) is 133 Å². The van der Waals surface area contributed by atoms with Crippen LogP contribution in [0.4, 0.5) is 5.69 Å². The van der Waals surface area contributed by atoms with Gasteiger partial charge in [0.05, 0.1) is 15.4 Å². The molecule has 2 aromatic carbocycles. The molecule has 0 unspecified atom stereocenters. The van der Waals surface area contributed by atoms with Crippen molar-refractivity contribution in [1.29, 1.82) is 0 Å². The van der Waals surface area contributed by atoms with Crippen LogP contribution in [0, 0.1) is 18.8 Å². The van der Waals surface area contributed by atoms with Crippen LogP contribution in [0.3, 0.4) is 0 Å². The number of likely N-dealkylation sites (tertiary alicyclic amines) is 2. The second-order valence-electron chi connectivity index (χ2n) is 19.7. The number of nitrogens with zero attached hydrogens (tertiary/aromatic N) is 7. The molecule has 20 heteroatoms. The van der Waals surface area contributed by atoms with E-state index in [9.17, 15) is 18.2 Å². The quantitative estimate of drug-likeness (QED) is 0.0524. The molecular weight excluding hydrogens is 1170 g/mol. The summed E-state index contributed by atoms with van der Waals surface area (Å²) in [5.41, 5.74) is 11.7. The summed E-state index contributed by atoms with van der Waals surface area (Å²) >= 11 is 15.9. The molecule has 0 aliphatic carbocycles. The van der Waals surface area contributed by atoms with Gasteiger partial charge in [-0.1, -0.05) is 42.0 Å². The van der Waals surface area contributed by atoms with Gasteiger partial charge in [0.2, 0.25) is 9.84 Å². The van der Waals surface area contributed by atoms with E-state index >= 15 is 0 Å². The first-order chi connectivity index (χ1) is 35.4. The first kappa shape index (κ1) is 59.7. The van der Waals surface area contributed by atoms with Gasteiger partial charge in [0.25, 0.3) is 5.91 Å². The molecule has 0 bridgehead atoms. The zero-order valence-electron chi connectivity index (χ0n) is 42.8. The lowest BCUT2D eigenvalue weighted by Gasteiger charge is -2.42. The SMILES string of the molecule is Brc1ccc(Br)nc1.C=C1CCN(B(C)O)CC1.CB(O)N1CCC(Cc2ccc(Br)cn2)CC1.Cc1cccc(C(=O)N2CCC(N3CCC(Cc4ccc(S(=O)(=O)c5cccc(Cl)c5)cn4)CC3)CC2)c1N. The minimum Gasteiger partial charge on any atom is -0.437 e. The fraction of sp³-hybridized carbons (Fsp3) is 0.444. The van der Waals surface area contributed by atoms with E-state index < -0.39 is 9.84 Å². The van der Waals surface area contributed by atoms with Gasteiger partial charge in [-0.15, -0.1) is 0 Å². The van der Waals surface area contributed by atoms with Crippen molar-refractivity contribution in [2.24, 2.45) is 11.8 Å². The van der Waals surface area contributed by atoms with Crippen molar-refractivity contribution in [3.05, 3.63) is 151 Å². The number of aromatic nitrogens is 3. The zero-order valence-corrected chi connectivity index (χ0v) is 49.1. The van der Waals surface area contributed by atoms with Crippen LogP contribution in [0.2, 0.25) is 18.7 Å². The second kappa shape index (κ2) is 29.3. The summed E-state index contributed by atoms with van der Waals surface area (Å²) in [4.78, 5) is 34.9. The second-order valence-corrected chi connectivity index (χ2v) is 24.7. The number of carbonyl (C=O) groups is 1. The van der Waals surface area contributed by atoms with Gasteiger partial charge in [0.15, 0.2) is 0 Å². The van der Waals surface area contributed by atoms with E-state index in [1.807, 2.05) is 74.1 Å². The van der Waals surface area contributed by atoms with E-state index in [0.29, 0.717) is 34.2 Å². The van der Waals surface area contributed by atoms with Gasteiger partial charge in [-0.25, -0.2) is 13.4 Å². The predicted octanol–water partition coefficient (Wildman–Crippen LogP) is 10.6. The third-order valence-electron chi connectivity index (χ3n) is 14.4. The highest BCUT2D eigenvalue weighted by Crippen LogP contribution is 2.29. The monoisotopic (exact) mass is 1240 g/mol. The van der Waals surface area contributed by atoms with E-state index in [1.165, 1.54) is 23.5 Å². The van der Waals surface area contributed by atoms with Gasteiger partial charge < -0.3 is 35.2 Å². The van der Waals surface area contributed by atoms with E-state index in [-0.39, 0.29) is 29.8 Å². The predicted molar refractivity (Wildman–Crippen MR) is 311 cm³/mol. The molecule has 0 spiro atoms. The van der Waals surface area contributed by atoms with E-state index in [1.54, 1.807) is 30.5 Å². The Morgan fingerprint density at radius 1 is 0.703 bits per heavy atom. The molecule has 4 saturated heterocycles. The number of para-hydroxylation sites is 1. The number of nitrogens with two attached hydrogens (primary N) is 1. The summed E-state index contributed by atoms with van der Waals surface area (Å²) in [6.07, 6.45) is 15.5. The lowest BCUT2D eigenvalue weighted by Crippen LogP contribution is -2.49. The van der Waals surface area contributed by atoms with Crippen molar-refractivity contribution in [2.75, 3.05) is 58.1 Å². The number of amides is 1. The highest BCUT2D eigenvalue weighted by atomic mass is 79.9. The summed E-state index contributed by atoms with van der Waals surface area (Å²) < 4.78 is 28.7. The number of benzene rings is 2. The molecule has 4 fully saturated rings. The van der Waals surface area contributed by atoms with E-state index in [4.69, 9.17) is 22.4 Å². The molecule has 396 valence electrons. The Morgan fingerprint density at radius 2 is 1.24 bits per heavy atom. The van der Waals surface area contributed by atoms with Crippen molar-refractivity contribution in [3.8, 4) is 0 Å². The Bertz CT molecular complexity index is 2640. The number of hydrogen-bond donors (Lipinski definition) is 3. The highest BCUT2D eigenvalue weighted by Gasteiger charge is 2.31. The van der Waals surface area contributed by atoms with E-state index in [0.717, 1.165) is 141 Å².